The molecule has 0 bridgehead atoms. The summed E-state index contributed by atoms with van der Waals surface area (Å²) in [6.07, 6.45) is 3.78. The van der Waals surface area contributed by atoms with E-state index in [0.29, 0.717) is 12.2 Å². The van der Waals surface area contributed by atoms with E-state index < -0.39 is 0 Å². The molecule has 1 unspecified atom stereocenters. The third-order valence-electron chi connectivity index (χ3n) is 3.11. The van der Waals surface area contributed by atoms with Crippen LogP contribution in [0, 0.1) is 5.82 Å². The van der Waals surface area contributed by atoms with Crippen molar-refractivity contribution in [2.75, 3.05) is 14.2 Å². The van der Waals surface area contributed by atoms with Crippen molar-refractivity contribution in [2.45, 2.75) is 12.5 Å². The van der Waals surface area contributed by atoms with Gasteiger partial charge in [-0.25, -0.2) is 4.39 Å². The lowest BCUT2D eigenvalue weighted by Crippen LogP contribution is -2.14. The second-order valence-electron chi connectivity index (χ2n) is 4.40. The summed E-state index contributed by atoms with van der Waals surface area (Å²) in [5, 5.41) is 0. The first-order valence-electron chi connectivity index (χ1n) is 6.21. The molecule has 2 aromatic rings. The zero-order valence-electron chi connectivity index (χ0n) is 11.5. The Hall–Kier alpha value is -2.14. The zero-order valence-corrected chi connectivity index (χ0v) is 11.5. The predicted molar refractivity (Wildman–Crippen MR) is 74.4 cm³/mol. The Labute approximate surface area is 117 Å². The highest BCUT2D eigenvalue weighted by Gasteiger charge is 2.13. The molecule has 1 heterocycles. The molecule has 0 spiro atoms. The van der Waals surface area contributed by atoms with Gasteiger partial charge < -0.3 is 15.2 Å². The van der Waals surface area contributed by atoms with Gasteiger partial charge in [-0.15, -0.1) is 0 Å². The number of methoxy groups -OCH3 is 2. The number of rotatable bonds is 5. The maximum absolute atomic E-state index is 13.6. The molecule has 2 rings (SSSR count). The van der Waals surface area contributed by atoms with Crippen LogP contribution in [0.1, 0.15) is 17.2 Å². The van der Waals surface area contributed by atoms with Crippen LogP contribution in [0.15, 0.2) is 36.7 Å². The van der Waals surface area contributed by atoms with Gasteiger partial charge in [0.2, 0.25) is 0 Å². The average Bonchev–Trinajstić information content (AvgIpc) is 2.47. The molecule has 0 fully saturated rings. The van der Waals surface area contributed by atoms with Crippen LogP contribution in [-0.2, 0) is 6.42 Å². The van der Waals surface area contributed by atoms with Crippen molar-refractivity contribution in [3.05, 3.63) is 53.6 Å². The lowest BCUT2D eigenvalue weighted by Gasteiger charge is -2.15. The lowest BCUT2D eigenvalue weighted by atomic mass is 10.00. The number of halogens is 1. The molecular formula is C15H17FN2O2. The first-order chi connectivity index (χ1) is 9.65. The van der Waals surface area contributed by atoms with Gasteiger partial charge in [0.25, 0.3) is 0 Å². The van der Waals surface area contributed by atoms with E-state index in [9.17, 15) is 4.39 Å². The van der Waals surface area contributed by atoms with E-state index in [4.69, 9.17) is 15.2 Å². The van der Waals surface area contributed by atoms with Crippen LogP contribution >= 0.6 is 0 Å². The summed E-state index contributed by atoms with van der Waals surface area (Å²) in [4.78, 5) is 3.99. The maximum Gasteiger partial charge on any atom is 0.165 e. The van der Waals surface area contributed by atoms with Gasteiger partial charge in [0.05, 0.1) is 20.4 Å². The first-order valence-corrected chi connectivity index (χ1v) is 6.21. The highest BCUT2D eigenvalue weighted by Crippen LogP contribution is 2.26. The molecule has 0 aliphatic rings. The van der Waals surface area contributed by atoms with Crippen molar-refractivity contribution in [3.63, 3.8) is 0 Å². The van der Waals surface area contributed by atoms with Gasteiger partial charge in [-0.05, 0) is 30.2 Å². The summed E-state index contributed by atoms with van der Waals surface area (Å²) in [6.45, 7) is 0. The summed E-state index contributed by atoms with van der Waals surface area (Å²) < 4.78 is 23.8. The molecule has 0 saturated heterocycles. The molecule has 1 atom stereocenters. The molecule has 4 nitrogen and oxygen atoms in total. The number of hydrogen-bond donors (Lipinski definition) is 1. The number of pyridine rings is 1. The van der Waals surface area contributed by atoms with Gasteiger partial charge in [0, 0.05) is 17.8 Å². The second-order valence-corrected chi connectivity index (χ2v) is 4.40. The van der Waals surface area contributed by atoms with E-state index in [1.54, 1.807) is 31.6 Å². The molecule has 5 heteroatoms. The summed E-state index contributed by atoms with van der Waals surface area (Å²) in [5.41, 5.74) is 7.81. The van der Waals surface area contributed by atoms with Crippen LogP contribution in [0.2, 0.25) is 0 Å². The fourth-order valence-corrected chi connectivity index (χ4v) is 2.07. The Morgan fingerprint density at radius 2 is 1.95 bits per heavy atom. The highest BCUT2D eigenvalue weighted by atomic mass is 19.1. The van der Waals surface area contributed by atoms with Gasteiger partial charge in [-0.1, -0.05) is 6.07 Å². The van der Waals surface area contributed by atoms with Crippen LogP contribution in [0.3, 0.4) is 0 Å². The first kappa shape index (κ1) is 14.3. The van der Waals surface area contributed by atoms with Crippen molar-refractivity contribution < 1.29 is 13.9 Å². The minimum Gasteiger partial charge on any atom is -0.495 e. The van der Waals surface area contributed by atoms with Crippen LogP contribution in [0.4, 0.5) is 4.39 Å². The Kier molecular flexibility index (Phi) is 4.53. The van der Waals surface area contributed by atoms with E-state index in [2.05, 4.69) is 4.98 Å². The van der Waals surface area contributed by atoms with Gasteiger partial charge in [-0.2, -0.15) is 0 Å². The zero-order chi connectivity index (χ0) is 14.5. The molecular weight excluding hydrogens is 259 g/mol. The molecule has 1 aromatic heterocycles. The maximum atomic E-state index is 13.6. The van der Waals surface area contributed by atoms with E-state index in [0.717, 1.165) is 11.1 Å². The number of nitrogens with zero attached hydrogens (tertiary/aromatic N) is 1. The molecule has 0 saturated carbocycles. The van der Waals surface area contributed by atoms with E-state index >= 15 is 0 Å². The number of nitrogens with two attached hydrogens (primary N) is 1. The second kappa shape index (κ2) is 6.34. The third-order valence-corrected chi connectivity index (χ3v) is 3.11. The minimum atomic E-state index is -0.390. The molecule has 0 amide bonds. The third kappa shape index (κ3) is 3.05. The smallest absolute Gasteiger partial charge is 0.165 e. The van der Waals surface area contributed by atoms with Crippen molar-refractivity contribution in [3.8, 4) is 11.5 Å². The average molecular weight is 276 g/mol. The molecule has 2 N–H and O–H groups in total. The fraction of sp³-hybridized carbons (Fsp3) is 0.267. The van der Waals surface area contributed by atoms with Gasteiger partial charge in [0.1, 0.15) is 5.75 Å². The quantitative estimate of drug-likeness (QED) is 0.911. The molecule has 0 aliphatic heterocycles. The van der Waals surface area contributed by atoms with Crippen molar-refractivity contribution in [2.24, 2.45) is 5.73 Å². The largest absolute Gasteiger partial charge is 0.495 e. The molecule has 106 valence electrons. The minimum absolute atomic E-state index is 0.226. The van der Waals surface area contributed by atoms with Gasteiger partial charge >= 0.3 is 0 Å². The molecule has 1 aromatic carbocycles. The number of aromatic nitrogens is 1. The Bertz CT molecular complexity index is 590. The fourth-order valence-electron chi connectivity index (χ4n) is 2.07. The van der Waals surface area contributed by atoms with Crippen molar-refractivity contribution in [1.29, 1.82) is 0 Å². The van der Waals surface area contributed by atoms with E-state index in [1.807, 2.05) is 6.07 Å². The number of benzene rings is 1. The molecule has 20 heavy (non-hydrogen) atoms. The van der Waals surface area contributed by atoms with E-state index in [1.165, 1.54) is 13.2 Å². The summed E-state index contributed by atoms with van der Waals surface area (Å²) in [6, 6.07) is 6.35. The summed E-state index contributed by atoms with van der Waals surface area (Å²) >= 11 is 0. The van der Waals surface area contributed by atoms with Gasteiger partial charge in [0.15, 0.2) is 11.6 Å². The predicted octanol–water partition coefficient (Wildman–Crippen LogP) is 2.48. The number of ether oxygens (including phenoxy) is 2. The van der Waals surface area contributed by atoms with Crippen LogP contribution in [0.5, 0.6) is 11.5 Å². The Morgan fingerprint density at radius 3 is 2.60 bits per heavy atom. The van der Waals surface area contributed by atoms with Crippen LogP contribution < -0.4 is 15.2 Å². The standard InChI is InChI=1S/C15H17FN2O2/c1-19-14-4-3-10(7-12(14)16)8-13(17)11-5-6-18-9-15(11)20-2/h3-7,9,13H,8,17H2,1-2H3. The lowest BCUT2D eigenvalue weighted by molar-refractivity contribution is 0.386. The van der Waals surface area contributed by atoms with Gasteiger partial charge in [-0.3, -0.25) is 4.98 Å². The SMILES string of the molecule is COc1ccc(CC(N)c2ccncc2OC)cc1F. The van der Waals surface area contributed by atoms with E-state index in [-0.39, 0.29) is 17.6 Å². The highest BCUT2D eigenvalue weighted by molar-refractivity contribution is 5.35. The molecule has 0 radical (unpaired) electrons. The van der Waals surface area contributed by atoms with Crippen LogP contribution in [0.25, 0.3) is 0 Å². The monoisotopic (exact) mass is 276 g/mol. The van der Waals surface area contributed by atoms with Crippen molar-refractivity contribution in [1.82, 2.24) is 4.98 Å². The molecule has 0 aliphatic carbocycles. The van der Waals surface area contributed by atoms with Crippen molar-refractivity contribution >= 4 is 0 Å². The summed E-state index contributed by atoms with van der Waals surface area (Å²) in [5.74, 6) is 0.469. The Balaban J connectivity index is 2.19. The van der Waals surface area contributed by atoms with Crippen LogP contribution in [-0.4, -0.2) is 19.2 Å². The number of hydrogen-bond acceptors (Lipinski definition) is 4. The Morgan fingerprint density at radius 1 is 1.20 bits per heavy atom. The topological polar surface area (TPSA) is 57.4 Å². The summed E-state index contributed by atoms with van der Waals surface area (Å²) in [7, 11) is 3.01. The normalized spacial score (nSPS) is 12.0.